The Kier molecular flexibility index (Phi) is 4.65. The molecule has 0 saturated heterocycles. The molecule has 142 valence electrons. The van der Waals surface area contributed by atoms with Gasteiger partial charge in [-0.1, -0.05) is 30.3 Å². The molecule has 5 nitrogen and oxygen atoms in total. The van der Waals surface area contributed by atoms with Crippen LogP contribution in [0.15, 0.2) is 60.7 Å². The Bertz CT molecular complexity index is 1180. The third-order valence-electron chi connectivity index (χ3n) is 4.98. The fourth-order valence-corrected chi connectivity index (χ4v) is 3.63. The number of ether oxygens (including phenoxy) is 3. The Morgan fingerprint density at radius 2 is 1.57 bits per heavy atom. The van der Waals surface area contributed by atoms with Crippen molar-refractivity contribution in [3.63, 3.8) is 0 Å². The molecule has 0 spiro atoms. The molecule has 0 aliphatic rings. The highest BCUT2D eigenvalue weighted by molar-refractivity contribution is 6.09. The highest BCUT2D eigenvalue weighted by Crippen LogP contribution is 2.32. The Balaban J connectivity index is 1.90. The van der Waals surface area contributed by atoms with Crippen LogP contribution in [-0.2, 0) is 11.3 Å². The highest BCUT2D eigenvalue weighted by Gasteiger charge is 2.15. The first-order valence-electron chi connectivity index (χ1n) is 8.96. The van der Waals surface area contributed by atoms with Crippen LogP contribution >= 0.6 is 0 Å². The number of hydrogen-bond donors (Lipinski definition) is 0. The summed E-state index contributed by atoms with van der Waals surface area (Å²) in [6, 6.07) is 19.8. The number of benzene rings is 3. The Morgan fingerprint density at radius 3 is 2.32 bits per heavy atom. The van der Waals surface area contributed by atoms with Crippen LogP contribution in [0.2, 0.25) is 0 Å². The topological polar surface area (TPSA) is 49.7 Å². The average Bonchev–Trinajstić information content (AvgIpc) is 3.06. The summed E-state index contributed by atoms with van der Waals surface area (Å²) in [7, 11) is 4.65. The third kappa shape index (κ3) is 2.95. The molecule has 0 aliphatic carbocycles. The fourth-order valence-electron chi connectivity index (χ4n) is 3.63. The Hall–Kier alpha value is -3.47. The number of nitrogens with zero attached hydrogens (tertiary/aromatic N) is 1. The summed E-state index contributed by atoms with van der Waals surface area (Å²) in [4.78, 5) is 12.0. The first-order valence-corrected chi connectivity index (χ1v) is 8.96. The standard InChI is InChI=1S/C23H21NO4/c1-26-21-11-8-15(12-22(21)27-2)14-24-19-7-5-4-6-17(19)18-10-9-16(13-20(18)24)23(25)28-3/h4-13H,14H2,1-3H3. The van der Waals surface area contributed by atoms with E-state index in [1.165, 1.54) is 7.11 Å². The number of aromatic nitrogens is 1. The van der Waals surface area contributed by atoms with E-state index in [1.807, 2.05) is 42.5 Å². The number of fused-ring (bicyclic) bond motifs is 3. The van der Waals surface area contributed by atoms with Gasteiger partial charge in [0.05, 0.1) is 32.4 Å². The SMILES string of the molecule is COC(=O)c1ccc2c3ccccc3n(Cc3ccc(OC)c(OC)c3)c2c1. The fraction of sp³-hybridized carbons (Fsp3) is 0.174. The van der Waals surface area contributed by atoms with Crippen molar-refractivity contribution in [3.8, 4) is 11.5 Å². The van der Waals surface area contributed by atoms with Crippen LogP contribution in [0, 0.1) is 0 Å². The van der Waals surface area contributed by atoms with Gasteiger partial charge in [-0.3, -0.25) is 0 Å². The van der Waals surface area contributed by atoms with E-state index in [0.717, 1.165) is 27.4 Å². The molecule has 1 heterocycles. The zero-order chi connectivity index (χ0) is 19.7. The molecule has 0 fully saturated rings. The van der Waals surface area contributed by atoms with E-state index in [4.69, 9.17) is 14.2 Å². The van der Waals surface area contributed by atoms with Crippen molar-refractivity contribution in [2.75, 3.05) is 21.3 Å². The summed E-state index contributed by atoms with van der Waals surface area (Å²) in [5, 5.41) is 2.25. The molecule has 4 aromatic rings. The van der Waals surface area contributed by atoms with Crippen LogP contribution in [-0.4, -0.2) is 31.9 Å². The number of carbonyl (C=O) groups excluding carboxylic acids is 1. The van der Waals surface area contributed by atoms with Crippen molar-refractivity contribution in [3.05, 3.63) is 71.8 Å². The first kappa shape index (κ1) is 17.9. The number of hydrogen-bond acceptors (Lipinski definition) is 4. The maximum absolute atomic E-state index is 12.0. The van der Waals surface area contributed by atoms with E-state index in [2.05, 4.69) is 16.7 Å². The lowest BCUT2D eigenvalue weighted by atomic mass is 10.1. The number of para-hydroxylation sites is 1. The van der Waals surface area contributed by atoms with Crippen molar-refractivity contribution < 1.29 is 19.0 Å². The van der Waals surface area contributed by atoms with Gasteiger partial charge in [0, 0.05) is 22.8 Å². The summed E-state index contributed by atoms with van der Waals surface area (Å²) in [6.07, 6.45) is 0. The van der Waals surface area contributed by atoms with Crippen molar-refractivity contribution >= 4 is 27.8 Å². The van der Waals surface area contributed by atoms with Gasteiger partial charge in [0.2, 0.25) is 0 Å². The molecule has 0 atom stereocenters. The van der Waals surface area contributed by atoms with E-state index < -0.39 is 0 Å². The molecule has 5 heteroatoms. The van der Waals surface area contributed by atoms with Crippen molar-refractivity contribution in [2.24, 2.45) is 0 Å². The van der Waals surface area contributed by atoms with Gasteiger partial charge >= 0.3 is 5.97 Å². The molecule has 0 amide bonds. The van der Waals surface area contributed by atoms with E-state index in [0.29, 0.717) is 23.6 Å². The van der Waals surface area contributed by atoms with Crippen LogP contribution < -0.4 is 9.47 Å². The molecular formula is C23H21NO4. The van der Waals surface area contributed by atoms with Gasteiger partial charge in [-0.05, 0) is 35.9 Å². The Morgan fingerprint density at radius 1 is 0.821 bits per heavy atom. The highest BCUT2D eigenvalue weighted by atomic mass is 16.5. The lowest BCUT2D eigenvalue weighted by Gasteiger charge is -2.12. The summed E-state index contributed by atoms with van der Waals surface area (Å²) < 4.78 is 17.9. The third-order valence-corrected chi connectivity index (χ3v) is 4.98. The molecule has 0 bridgehead atoms. The van der Waals surface area contributed by atoms with E-state index in [1.54, 1.807) is 20.3 Å². The lowest BCUT2D eigenvalue weighted by Crippen LogP contribution is -2.03. The molecule has 0 radical (unpaired) electrons. The minimum Gasteiger partial charge on any atom is -0.493 e. The van der Waals surface area contributed by atoms with Crippen LogP contribution in [0.5, 0.6) is 11.5 Å². The second kappa shape index (κ2) is 7.27. The first-order chi connectivity index (χ1) is 13.7. The van der Waals surface area contributed by atoms with E-state index in [-0.39, 0.29) is 5.97 Å². The average molecular weight is 375 g/mol. The zero-order valence-corrected chi connectivity index (χ0v) is 16.1. The van der Waals surface area contributed by atoms with Crippen LogP contribution in [0.1, 0.15) is 15.9 Å². The molecule has 0 aliphatic heterocycles. The van der Waals surface area contributed by atoms with Gasteiger partial charge in [-0.15, -0.1) is 0 Å². The maximum Gasteiger partial charge on any atom is 0.337 e. The quantitative estimate of drug-likeness (QED) is 0.477. The second-order valence-electron chi connectivity index (χ2n) is 6.52. The normalized spacial score (nSPS) is 11.0. The summed E-state index contributed by atoms with van der Waals surface area (Å²) in [6.45, 7) is 0.634. The smallest absolute Gasteiger partial charge is 0.337 e. The summed E-state index contributed by atoms with van der Waals surface area (Å²) in [5.74, 6) is 1.04. The largest absolute Gasteiger partial charge is 0.493 e. The molecule has 0 N–H and O–H groups in total. The minimum absolute atomic E-state index is 0.343. The number of carbonyl (C=O) groups is 1. The summed E-state index contributed by atoms with van der Waals surface area (Å²) in [5.41, 5.74) is 3.70. The molecule has 1 aromatic heterocycles. The van der Waals surface area contributed by atoms with Gasteiger partial charge in [-0.2, -0.15) is 0 Å². The molecule has 28 heavy (non-hydrogen) atoms. The molecular weight excluding hydrogens is 354 g/mol. The molecule has 4 rings (SSSR count). The number of esters is 1. The zero-order valence-electron chi connectivity index (χ0n) is 16.1. The van der Waals surface area contributed by atoms with Gasteiger partial charge < -0.3 is 18.8 Å². The second-order valence-corrected chi connectivity index (χ2v) is 6.52. The van der Waals surface area contributed by atoms with Gasteiger partial charge in [-0.25, -0.2) is 4.79 Å². The summed E-state index contributed by atoms with van der Waals surface area (Å²) >= 11 is 0. The van der Waals surface area contributed by atoms with Gasteiger partial charge in [0.1, 0.15) is 0 Å². The predicted octanol–water partition coefficient (Wildman–Crippen LogP) is 4.65. The van der Waals surface area contributed by atoms with Crippen LogP contribution in [0.3, 0.4) is 0 Å². The number of rotatable bonds is 5. The van der Waals surface area contributed by atoms with Crippen LogP contribution in [0.25, 0.3) is 21.8 Å². The Labute approximate surface area is 163 Å². The molecule has 3 aromatic carbocycles. The van der Waals surface area contributed by atoms with Gasteiger partial charge in [0.15, 0.2) is 11.5 Å². The maximum atomic E-state index is 12.0. The molecule has 0 unspecified atom stereocenters. The van der Waals surface area contributed by atoms with Crippen molar-refractivity contribution in [1.82, 2.24) is 4.57 Å². The van der Waals surface area contributed by atoms with Gasteiger partial charge in [0.25, 0.3) is 0 Å². The molecule has 0 saturated carbocycles. The lowest BCUT2D eigenvalue weighted by molar-refractivity contribution is 0.0601. The van der Waals surface area contributed by atoms with E-state index in [9.17, 15) is 4.79 Å². The monoisotopic (exact) mass is 375 g/mol. The number of methoxy groups -OCH3 is 3. The predicted molar refractivity (Wildman–Crippen MR) is 109 cm³/mol. The van der Waals surface area contributed by atoms with Crippen molar-refractivity contribution in [2.45, 2.75) is 6.54 Å². The van der Waals surface area contributed by atoms with E-state index >= 15 is 0 Å². The minimum atomic E-state index is -0.343. The van der Waals surface area contributed by atoms with Crippen molar-refractivity contribution in [1.29, 1.82) is 0 Å². The van der Waals surface area contributed by atoms with Crippen LogP contribution in [0.4, 0.5) is 0 Å².